The van der Waals surface area contributed by atoms with Gasteiger partial charge in [0.15, 0.2) is 5.78 Å². The van der Waals surface area contributed by atoms with Crippen LogP contribution in [0.25, 0.3) is 0 Å². The van der Waals surface area contributed by atoms with Crippen LogP contribution in [0.1, 0.15) is 89.7 Å². The topological polar surface area (TPSA) is 71.0 Å². The number of nitrogens with one attached hydrogen (secondary N) is 1. The predicted molar refractivity (Wildman–Crippen MR) is 122 cm³/mol. The maximum atomic E-state index is 13.2. The first kappa shape index (κ1) is 24.0. The summed E-state index contributed by atoms with van der Waals surface area (Å²) in [6, 6.07) is 3.64. The van der Waals surface area contributed by atoms with Crippen LogP contribution in [-0.4, -0.2) is 20.0 Å². The number of benzene rings is 1. The number of Topliss-reactive ketones (excluding diaryl/α,β-unsaturated/α-hetero) is 1. The van der Waals surface area contributed by atoms with Crippen molar-refractivity contribution in [3.05, 3.63) is 46.8 Å². The number of phenolic OH excluding ortho intramolecular Hbond substituents is 1. The fourth-order valence-corrected chi connectivity index (χ4v) is 3.75. The second kappa shape index (κ2) is 8.83. The zero-order valence-electron chi connectivity index (χ0n) is 20.0. The molecule has 0 bridgehead atoms. The standard InChI is InChI=1S/C25H39N3O2/c1-9-17(10-2)15-27-11-12-28(23(27)26)16-21(29)18-13-19(24(3,4)5)22(30)20(14-18)25(6,7)8/h11-14,17,26,30H,9-10,15-16H2,1-8H3. The fraction of sp³-hybridized carbons (Fsp3) is 0.600. The third-order valence-corrected chi connectivity index (χ3v) is 5.94. The Bertz CT molecular complexity index is 913. The zero-order valence-corrected chi connectivity index (χ0v) is 20.0. The normalized spacial score (nSPS) is 12.6. The second-order valence-electron chi connectivity index (χ2n) is 10.4. The zero-order chi connectivity index (χ0) is 22.9. The molecule has 2 aromatic rings. The summed E-state index contributed by atoms with van der Waals surface area (Å²) in [5.74, 6) is 0.757. The van der Waals surface area contributed by atoms with E-state index in [0.29, 0.717) is 17.1 Å². The molecule has 0 radical (unpaired) electrons. The number of rotatable bonds is 7. The quantitative estimate of drug-likeness (QED) is 0.598. The monoisotopic (exact) mass is 413 g/mol. The Labute approximate surface area is 181 Å². The summed E-state index contributed by atoms with van der Waals surface area (Å²) < 4.78 is 3.62. The molecule has 166 valence electrons. The van der Waals surface area contributed by atoms with Gasteiger partial charge in [0.25, 0.3) is 0 Å². The van der Waals surface area contributed by atoms with E-state index in [2.05, 4.69) is 13.8 Å². The summed E-state index contributed by atoms with van der Waals surface area (Å²) in [4.78, 5) is 13.2. The molecule has 1 aromatic carbocycles. The van der Waals surface area contributed by atoms with Crippen molar-refractivity contribution in [2.24, 2.45) is 5.92 Å². The lowest BCUT2D eigenvalue weighted by Crippen LogP contribution is -2.29. The lowest BCUT2D eigenvalue weighted by atomic mass is 9.78. The minimum absolute atomic E-state index is 0.0511. The molecule has 0 aliphatic carbocycles. The molecule has 2 rings (SSSR count). The van der Waals surface area contributed by atoms with Gasteiger partial charge >= 0.3 is 0 Å². The van der Waals surface area contributed by atoms with Crippen LogP contribution >= 0.6 is 0 Å². The third kappa shape index (κ3) is 5.24. The first-order valence-corrected chi connectivity index (χ1v) is 11.0. The Morgan fingerprint density at radius 2 is 1.43 bits per heavy atom. The Morgan fingerprint density at radius 3 is 1.87 bits per heavy atom. The molecule has 0 aliphatic heterocycles. The van der Waals surface area contributed by atoms with Crippen molar-refractivity contribution in [1.29, 1.82) is 5.41 Å². The van der Waals surface area contributed by atoms with Crippen molar-refractivity contribution >= 4 is 5.78 Å². The highest BCUT2D eigenvalue weighted by molar-refractivity contribution is 5.96. The van der Waals surface area contributed by atoms with E-state index in [1.165, 1.54) is 0 Å². The van der Waals surface area contributed by atoms with Gasteiger partial charge in [0.05, 0.1) is 6.54 Å². The second-order valence-corrected chi connectivity index (χ2v) is 10.4. The van der Waals surface area contributed by atoms with Crippen LogP contribution < -0.4 is 5.62 Å². The number of hydrogen-bond acceptors (Lipinski definition) is 3. The number of ketones is 1. The van der Waals surface area contributed by atoms with Gasteiger partial charge in [-0.1, -0.05) is 68.2 Å². The van der Waals surface area contributed by atoms with Gasteiger partial charge in [-0.15, -0.1) is 0 Å². The molecule has 1 heterocycles. The fourth-order valence-electron chi connectivity index (χ4n) is 3.75. The van der Waals surface area contributed by atoms with Crippen LogP contribution in [-0.2, 0) is 23.9 Å². The van der Waals surface area contributed by atoms with Gasteiger partial charge in [-0.3, -0.25) is 10.2 Å². The Balaban J connectivity index is 2.41. The maximum absolute atomic E-state index is 13.2. The van der Waals surface area contributed by atoms with Gasteiger partial charge in [0, 0.05) is 35.6 Å². The molecule has 0 aliphatic rings. The van der Waals surface area contributed by atoms with E-state index in [0.717, 1.165) is 30.5 Å². The summed E-state index contributed by atoms with van der Waals surface area (Å²) in [5.41, 5.74) is 1.92. The molecule has 30 heavy (non-hydrogen) atoms. The highest BCUT2D eigenvalue weighted by Gasteiger charge is 2.27. The van der Waals surface area contributed by atoms with Crippen molar-refractivity contribution in [2.75, 3.05) is 0 Å². The smallest absolute Gasteiger partial charge is 0.202 e. The predicted octanol–water partition coefficient (Wildman–Crippen LogP) is 5.39. The Kier molecular flexibility index (Phi) is 7.05. The number of nitrogens with zero attached hydrogens (tertiary/aromatic N) is 2. The molecule has 5 nitrogen and oxygen atoms in total. The van der Waals surface area contributed by atoms with Crippen LogP contribution in [0, 0.1) is 11.3 Å². The summed E-state index contributed by atoms with van der Waals surface area (Å²) >= 11 is 0. The first-order chi connectivity index (χ1) is 13.8. The molecular weight excluding hydrogens is 374 g/mol. The van der Waals surface area contributed by atoms with Crippen molar-refractivity contribution < 1.29 is 9.90 Å². The molecular formula is C25H39N3O2. The van der Waals surface area contributed by atoms with Crippen molar-refractivity contribution in [3.63, 3.8) is 0 Å². The SMILES string of the molecule is CCC(CC)Cn1ccn(CC(=O)c2cc(C(C)(C)C)c(O)c(C(C)(C)C)c2)c1=N. The average Bonchev–Trinajstić information content (AvgIpc) is 2.97. The van der Waals surface area contributed by atoms with Crippen LogP contribution in [0.4, 0.5) is 0 Å². The highest BCUT2D eigenvalue weighted by Crippen LogP contribution is 2.39. The number of hydrogen-bond donors (Lipinski definition) is 2. The summed E-state index contributed by atoms with van der Waals surface area (Å²) in [6.07, 6.45) is 5.86. The average molecular weight is 414 g/mol. The number of carbonyl (C=O) groups excluding carboxylic acids is 1. The maximum Gasteiger partial charge on any atom is 0.202 e. The van der Waals surface area contributed by atoms with E-state index in [4.69, 9.17) is 5.41 Å². The molecule has 0 amide bonds. The number of aromatic hydroxyl groups is 1. The molecule has 2 N–H and O–H groups in total. The lowest BCUT2D eigenvalue weighted by Gasteiger charge is -2.28. The minimum atomic E-state index is -0.285. The molecule has 1 aromatic heterocycles. The minimum Gasteiger partial charge on any atom is -0.507 e. The molecule has 5 heteroatoms. The van der Waals surface area contributed by atoms with Crippen LogP contribution in [0.2, 0.25) is 0 Å². The summed E-state index contributed by atoms with van der Waals surface area (Å²) in [6.45, 7) is 17.5. The van der Waals surface area contributed by atoms with E-state index in [1.54, 1.807) is 4.57 Å². The number of carbonyl (C=O) groups is 1. The van der Waals surface area contributed by atoms with Crippen LogP contribution in [0.15, 0.2) is 24.5 Å². The molecule has 0 saturated carbocycles. The van der Waals surface area contributed by atoms with Crippen LogP contribution in [0.3, 0.4) is 0 Å². The number of phenols is 1. The van der Waals surface area contributed by atoms with E-state index >= 15 is 0 Å². The van der Waals surface area contributed by atoms with E-state index in [9.17, 15) is 9.90 Å². The molecule has 0 saturated heterocycles. The van der Waals surface area contributed by atoms with Gasteiger partial charge in [-0.05, 0) is 28.9 Å². The van der Waals surface area contributed by atoms with Gasteiger partial charge in [-0.2, -0.15) is 0 Å². The van der Waals surface area contributed by atoms with Gasteiger partial charge in [0.1, 0.15) is 5.75 Å². The van der Waals surface area contributed by atoms with E-state index in [-0.39, 0.29) is 28.9 Å². The molecule has 0 fully saturated rings. The van der Waals surface area contributed by atoms with E-state index < -0.39 is 0 Å². The molecule has 0 unspecified atom stereocenters. The van der Waals surface area contributed by atoms with Gasteiger partial charge in [-0.25, -0.2) is 0 Å². The van der Waals surface area contributed by atoms with Crippen molar-refractivity contribution in [1.82, 2.24) is 9.13 Å². The Morgan fingerprint density at radius 1 is 0.967 bits per heavy atom. The molecule has 0 spiro atoms. The van der Waals surface area contributed by atoms with E-state index in [1.807, 2.05) is 70.6 Å². The number of imidazole rings is 1. The van der Waals surface area contributed by atoms with Gasteiger partial charge in [0.2, 0.25) is 5.62 Å². The van der Waals surface area contributed by atoms with Crippen molar-refractivity contribution in [3.8, 4) is 5.75 Å². The van der Waals surface area contributed by atoms with Gasteiger partial charge < -0.3 is 14.2 Å². The Hall–Kier alpha value is -2.30. The largest absolute Gasteiger partial charge is 0.507 e. The summed E-state index contributed by atoms with van der Waals surface area (Å²) in [5, 5.41) is 19.4. The third-order valence-electron chi connectivity index (χ3n) is 5.94. The first-order valence-electron chi connectivity index (χ1n) is 11.0. The lowest BCUT2D eigenvalue weighted by molar-refractivity contribution is 0.0969. The van der Waals surface area contributed by atoms with Crippen LogP contribution in [0.5, 0.6) is 5.75 Å². The molecule has 0 atom stereocenters. The highest BCUT2D eigenvalue weighted by atomic mass is 16.3. The summed E-state index contributed by atoms with van der Waals surface area (Å²) in [7, 11) is 0. The van der Waals surface area contributed by atoms with Crippen molar-refractivity contribution in [2.45, 2.75) is 92.2 Å². The number of aromatic nitrogens is 2.